The van der Waals surface area contributed by atoms with Crippen LogP contribution in [0.2, 0.25) is 0 Å². The molecule has 1 heterocycles. The van der Waals surface area contributed by atoms with E-state index in [1.54, 1.807) is 0 Å². The van der Waals surface area contributed by atoms with Gasteiger partial charge in [0.05, 0.1) is 0 Å². The van der Waals surface area contributed by atoms with Gasteiger partial charge in [0, 0.05) is 17.6 Å². The van der Waals surface area contributed by atoms with Gasteiger partial charge in [0.25, 0.3) is 0 Å². The summed E-state index contributed by atoms with van der Waals surface area (Å²) >= 11 is 3.42. The Balaban J connectivity index is 1.85. The van der Waals surface area contributed by atoms with E-state index in [0.717, 1.165) is 15.6 Å². The fraction of sp³-hybridized carbons (Fsp3) is 0.235. The molecule has 0 radical (unpaired) electrons. The lowest BCUT2D eigenvalue weighted by Crippen LogP contribution is -2.44. The fourth-order valence-corrected chi connectivity index (χ4v) is 3.08. The van der Waals surface area contributed by atoms with Crippen LogP contribution in [0.25, 0.3) is 0 Å². The molecule has 1 unspecified atom stereocenters. The zero-order valence-corrected chi connectivity index (χ0v) is 13.1. The van der Waals surface area contributed by atoms with Crippen LogP contribution < -0.4 is 0 Å². The molecule has 1 aliphatic rings. The predicted octanol–water partition coefficient (Wildman–Crippen LogP) is 3.46. The van der Waals surface area contributed by atoms with E-state index < -0.39 is 12.0 Å². The van der Waals surface area contributed by atoms with Gasteiger partial charge in [-0.25, -0.2) is 0 Å². The number of aliphatic carboxylic acids is 1. The molecule has 2 aromatic rings. The highest BCUT2D eigenvalue weighted by atomic mass is 79.9. The minimum absolute atomic E-state index is 0.455. The number of hydrogen-bond acceptors (Lipinski definition) is 2. The molecule has 0 fully saturated rings. The molecule has 0 amide bonds. The van der Waals surface area contributed by atoms with Crippen molar-refractivity contribution in [3.63, 3.8) is 0 Å². The van der Waals surface area contributed by atoms with Crippen LogP contribution >= 0.6 is 15.9 Å². The summed E-state index contributed by atoms with van der Waals surface area (Å²) in [6.07, 6.45) is 0.571. The standard InChI is InChI=1S/C17H16BrNO2/c18-15-7-5-12(6-8-15)10-19-11-14-4-2-1-3-13(14)9-16(19)17(20)21/h1-8,16H,9-11H2,(H,20,21). The first-order chi connectivity index (χ1) is 10.1. The molecular formula is C17H16BrNO2. The number of carbonyl (C=O) groups is 1. The number of halogens is 1. The molecule has 0 aliphatic carbocycles. The van der Waals surface area contributed by atoms with Gasteiger partial charge in [-0.1, -0.05) is 52.3 Å². The molecule has 0 saturated carbocycles. The summed E-state index contributed by atoms with van der Waals surface area (Å²) < 4.78 is 1.03. The van der Waals surface area contributed by atoms with E-state index in [2.05, 4.69) is 22.0 Å². The number of benzene rings is 2. The Morgan fingerprint density at radius 1 is 1.14 bits per heavy atom. The molecule has 1 N–H and O–H groups in total. The Morgan fingerprint density at radius 3 is 2.48 bits per heavy atom. The molecule has 0 saturated heterocycles. The number of rotatable bonds is 3. The van der Waals surface area contributed by atoms with Crippen LogP contribution in [0, 0.1) is 0 Å². The molecule has 0 spiro atoms. The van der Waals surface area contributed by atoms with E-state index in [4.69, 9.17) is 0 Å². The van der Waals surface area contributed by atoms with Crippen molar-refractivity contribution in [1.82, 2.24) is 4.90 Å². The van der Waals surface area contributed by atoms with Crippen LogP contribution in [0.3, 0.4) is 0 Å². The molecule has 0 aromatic heterocycles. The van der Waals surface area contributed by atoms with Gasteiger partial charge in [-0.3, -0.25) is 9.69 Å². The minimum atomic E-state index is -0.749. The summed E-state index contributed by atoms with van der Waals surface area (Å²) in [7, 11) is 0. The first kappa shape index (κ1) is 14.3. The van der Waals surface area contributed by atoms with Crippen molar-refractivity contribution in [2.24, 2.45) is 0 Å². The molecule has 2 aromatic carbocycles. The maximum atomic E-state index is 11.6. The predicted molar refractivity (Wildman–Crippen MR) is 85.0 cm³/mol. The van der Waals surface area contributed by atoms with Crippen molar-refractivity contribution < 1.29 is 9.90 Å². The average Bonchev–Trinajstić information content (AvgIpc) is 2.48. The van der Waals surface area contributed by atoms with Gasteiger partial charge in [0.15, 0.2) is 0 Å². The Labute approximate surface area is 132 Å². The Kier molecular flexibility index (Phi) is 4.08. The van der Waals surface area contributed by atoms with Gasteiger partial charge in [0.1, 0.15) is 6.04 Å². The van der Waals surface area contributed by atoms with Crippen LogP contribution in [0.5, 0.6) is 0 Å². The summed E-state index contributed by atoms with van der Waals surface area (Å²) in [6, 6.07) is 15.7. The smallest absolute Gasteiger partial charge is 0.321 e. The Hall–Kier alpha value is -1.65. The van der Waals surface area contributed by atoms with Crippen molar-refractivity contribution in [1.29, 1.82) is 0 Å². The van der Waals surface area contributed by atoms with Gasteiger partial charge in [-0.05, 0) is 35.2 Å². The van der Waals surface area contributed by atoms with Gasteiger partial charge in [0.2, 0.25) is 0 Å². The summed E-state index contributed by atoms with van der Waals surface area (Å²) in [5.74, 6) is -0.749. The first-order valence-corrected chi connectivity index (χ1v) is 7.71. The third-order valence-electron chi connectivity index (χ3n) is 3.93. The number of carboxylic acids is 1. The lowest BCUT2D eigenvalue weighted by molar-refractivity contribution is -0.144. The second kappa shape index (κ2) is 6.00. The molecule has 21 heavy (non-hydrogen) atoms. The molecule has 1 aliphatic heterocycles. The molecule has 3 nitrogen and oxygen atoms in total. The Bertz CT molecular complexity index is 654. The average molecular weight is 346 g/mol. The van der Waals surface area contributed by atoms with Crippen LogP contribution in [0.4, 0.5) is 0 Å². The van der Waals surface area contributed by atoms with Crippen molar-refractivity contribution in [2.75, 3.05) is 0 Å². The van der Waals surface area contributed by atoms with Crippen LogP contribution in [-0.2, 0) is 24.3 Å². The zero-order chi connectivity index (χ0) is 14.8. The number of nitrogens with zero attached hydrogens (tertiary/aromatic N) is 1. The maximum absolute atomic E-state index is 11.6. The van der Waals surface area contributed by atoms with Crippen molar-refractivity contribution >= 4 is 21.9 Å². The van der Waals surface area contributed by atoms with Crippen molar-refractivity contribution in [3.8, 4) is 0 Å². The SMILES string of the molecule is O=C(O)C1Cc2ccccc2CN1Cc1ccc(Br)cc1. The van der Waals surface area contributed by atoms with Crippen molar-refractivity contribution in [3.05, 3.63) is 69.7 Å². The highest BCUT2D eigenvalue weighted by molar-refractivity contribution is 9.10. The quantitative estimate of drug-likeness (QED) is 0.925. The molecule has 0 bridgehead atoms. The lowest BCUT2D eigenvalue weighted by atomic mass is 9.93. The van der Waals surface area contributed by atoms with E-state index >= 15 is 0 Å². The van der Waals surface area contributed by atoms with Gasteiger partial charge in [-0.2, -0.15) is 0 Å². The van der Waals surface area contributed by atoms with Crippen LogP contribution in [0.15, 0.2) is 53.0 Å². The first-order valence-electron chi connectivity index (χ1n) is 6.91. The normalized spacial score (nSPS) is 18.2. The minimum Gasteiger partial charge on any atom is -0.480 e. The molecule has 108 valence electrons. The highest BCUT2D eigenvalue weighted by Gasteiger charge is 2.31. The maximum Gasteiger partial charge on any atom is 0.321 e. The van der Waals surface area contributed by atoms with Gasteiger partial charge >= 0.3 is 5.97 Å². The van der Waals surface area contributed by atoms with E-state index in [-0.39, 0.29) is 0 Å². The zero-order valence-electron chi connectivity index (χ0n) is 11.5. The summed E-state index contributed by atoms with van der Waals surface area (Å²) in [5.41, 5.74) is 3.51. The molecular weight excluding hydrogens is 330 g/mol. The lowest BCUT2D eigenvalue weighted by Gasteiger charge is -2.34. The second-order valence-corrected chi connectivity index (χ2v) is 6.27. The van der Waals surface area contributed by atoms with E-state index in [1.165, 1.54) is 5.56 Å². The van der Waals surface area contributed by atoms with Crippen molar-refractivity contribution in [2.45, 2.75) is 25.6 Å². The van der Waals surface area contributed by atoms with Gasteiger partial charge < -0.3 is 5.11 Å². The number of carboxylic acid groups (broad SMARTS) is 1. The molecule has 1 atom stereocenters. The fourth-order valence-electron chi connectivity index (χ4n) is 2.81. The van der Waals surface area contributed by atoms with Gasteiger partial charge in [-0.15, -0.1) is 0 Å². The largest absolute Gasteiger partial charge is 0.480 e. The third-order valence-corrected chi connectivity index (χ3v) is 4.46. The third kappa shape index (κ3) is 3.17. The topological polar surface area (TPSA) is 40.5 Å². The van der Waals surface area contributed by atoms with E-state index in [1.807, 2.05) is 47.4 Å². The monoisotopic (exact) mass is 345 g/mol. The second-order valence-electron chi connectivity index (χ2n) is 5.36. The number of fused-ring (bicyclic) bond motifs is 1. The van der Waals surface area contributed by atoms with Crippen LogP contribution in [-0.4, -0.2) is 22.0 Å². The summed E-state index contributed by atoms with van der Waals surface area (Å²) in [6.45, 7) is 1.34. The van der Waals surface area contributed by atoms with E-state index in [9.17, 15) is 9.90 Å². The number of hydrogen-bond donors (Lipinski definition) is 1. The molecule has 4 heteroatoms. The highest BCUT2D eigenvalue weighted by Crippen LogP contribution is 2.25. The summed E-state index contributed by atoms with van der Waals surface area (Å²) in [5, 5.41) is 9.51. The molecule has 3 rings (SSSR count). The summed E-state index contributed by atoms with van der Waals surface area (Å²) in [4.78, 5) is 13.6. The Morgan fingerprint density at radius 2 is 1.81 bits per heavy atom. The van der Waals surface area contributed by atoms with E-state index in [0.29, 0.717) is 19.5 Å². The van der Waals surface area contributed by atoms with Crippen LogP contribution in [0.1, 0.15) is 16.7 Å².